The number of sulfonamides is 1. The van der Waals surface area contributed by atoms with Gasteiger partial charge in [0.25, 0.3) is 28.2 Å². The molecular formula is C20H18F2N6O5S. The molecule has 2 N–H and O–H groups in total. The van der Waals surface area contributed by atoms with Crippen LogP contribution in [0.3, 0.4) is 0 Å². The van der Waals surface area contributed by atoms with Gasteiger partial charge < -0.3 is 19.2 Å². The fourth-order valence-corrected chi connectivity index (χ4v) is 4.30. The maximum Gasteiger partial charge on any atom is 0.272 e. The van der Waals surface area contributed by atoms with Crippen molar-refractivity contribution < 1.29 is 31.4 Å². The molecule has 3 heterocycles. The summed E-state index contributed by atoms with van der Waals surface area (Å²) < 4.78 is 68.8. The number of alkyl halides is 2. The predicted molar refractivity (Wildman–Crippen MR) is 117 cm³/mol. The summed E-state index contributed by atoms with van der Waals surface area (Å²) in [6, 6.07) is 8.57. The average molecular weight is 492 g/mol. The number of H-pyrrole nitrogens is 1. The number of nitrogens with one attached hydrogen (secondary N) is 2. The second kappa shape index (κ2) is 9.43. The maximum atomic E-state index is 13.2. The van der Waals surface area contributed by atoms with Crippen molar-refractivity contribution in [2.24, 2.45) is 0 Å². The van der Waals surface area contributed by atoms with Gasteiger partial charge in [0.05, 0.1) is 25.4 Å². The first-order valence-corrected chi connectivity index (χ1v) is 11.1. The number of benzene rings is 1. The molecule has 0 aliphatic rings. The van der Waals surface area contributed by atoms with E-state index in [0.717, 1.165) is 0 Å². The van der Waals surface area contributed by atoms with Crippen LogP contribution in [0.5, 0.6) is 17.5 Å². The third kappa shape index (κ3) is 4.52. The van der Waals surface area contributed by atoms with Crippen molar-refractivity contribution in [3.05, 3.63) is 42.7 Å². The van der Waals surface area contributed by atoms with Crippen LogP contribution in [-0.2, 0) is 10.0 Å². The van der Waals surface area contributed by atoms with Crippen LogP contribution < -0.4 is 18.9 Å². The Morgan fingerprint density at radius 3 is 2.44 bits per heavy atom. The fourth-order valence-electron chi connectivity index (χ4n) is 3.19. The molecule has 178 valence electrons. The molecule has 14 heteroatoms. The van der Waals surface area contributed by atoms with Crippen molar-refractivity contribution in [1.82, 2.24) is 25.1 Å². The lowest BCUT2D eigenvalue weighted by molar-refractivity contribution is 0.0781. The van der Waals surface area contributed by atoms with Gasteiger partial charge in [0.1, 0.15) is 11.5 Å². The number of fused-ring (bicyclic) bond motifs is 1. The van der Waals surface area contributed by atoms with Crippen molar-refractivity contribution in [2.45, 2.75) is 11.3 Å². The van der Waals surface area contributed by atoms with Gasteiger partial charge in [0.15, 0.2) is 0 Å². The molecule has 0 unspecified atom stereocenters. The number of aromatic amines is 1. The number of rotatable bonds is 9. The molecular weight excluding hydrogens is 474 g/mol. The van der Waals surface area contributed by atoms with Gasteiger partial charge in [0, 0.05) is 23.3 Å². The molecule has 0 amide bonds. The van der Waals surface area contributed by atoms with E-state index in [1.54, 1.807) is 30.3 Å². The van der Waals surface area contributed by atoms with Crippen molar-refractivity contribution in [3.63, 3.8) is 0 Å². The third-order valence-corrected chi connectivity index (χ3v) is 5.95. The summed E-state index contributed by atoms with van der Waals surface area (Å²) in [4.78, 5) is 10.7. The Labute approximate surface area is 192 Å². The standard InChI is InChI=1S/C20H18F2N6O5S/c1-31-18-17(33-10-15(21)22)19(32-2)26-20(25-18)28-34(29,30)14-9-23-16-11(5-3-6-12(14)16)13-7-4-8-24-27-13/h3-9,15,23H,10H2,1-2H3,(H,25,26,28). The van der Waals surface area contributed by atoms with Crippen molar-refractivity contribution >= 4 is 26.9 Å². The Morgan fingerprint density at radius 1 is 1.09 bits per heavy atom. The smallest absolute Gasteiger partial charge is 0.272 e. The molecule has 0 atom stereocenters. The Hall–Kier alpha value is -4.07. The Balaban J connectivity index is 1.71. The predicted octanol–water partition coefficient (Wildman–Crippen LogP) is 2.88. The minimum absolute atomic E-state index is 0.0761. The molecule has 1 aromatic carbocycles. The van der Waals surface area contributed by atoms with Crippen LogP contribution >= 0.6 is 0 Å². The number of hydrogen-bond donors (Lipinski definition) is 2. The highest BCUT2D eigenvalue weighted by molar-refractivity contribution is 7.93. The molecule has 4 rings (SSSR count). The van der Waals surface area contributed by atoms with Gasteiger partial charge in [-0.3, -0.25) is 0 Å². The minimum Gasteiger partial charge on any atom is -0.478 e. The Bertz CT molecular complexity index is 1390. The van der Waals surface area contributed by atoms with E-state index in [9.17, 15) is 17.2 Å². The van der Waals surface area contributed by atoms with E-state index in [1.165, 1.54) is 26.6 Å². The molecule has 0 fully saturated rings. The molecule has 0 spiro atoms. The van der Waals surface area contributed by atoms with E-state index < -0.39 is 29.0 Å². The van der Waals surface area contributed by atoms with Crippen LogP contribution in [0.2, 0.25) is 0 Å². The number of aromatic nitrogens is 5. The largest absolute Gasteiger partial charge is 0.478 e. The number of methoxy groups -OCH3 is 2. The average Bonchev–Trinajstić information content (AvgIpc) is 3.28. The number of para-hydroxylation sites is 1. The molecule has 34 heavy (non-hydrogen) atoms. The second-order valence-electron chi connectivity index (χ2n) is 6.69. The molecule has 0 bridgehead atoms. The SMILES string of the molecule is COc1nc(NS(=O)(=O)c2c[nH]c3c(-c4cccnn4)cccc23)nc(OC)c1OCC(F)F. The molecule has 0 aliphatic carbocycles. The van der Waals surface area contributed by atoms with E-state index in [-0.39, 0.29) is 22.4 Å². The van der Waals surface area contributed by atoms with Crippen LogP contribution in [-0.4, -0.2) is 60.8 Å². The third-order valence-electron chi connectivity index (χ3n) is 4.58. The van der Waals surface area contributed by atoms with Gasteiger partial charge in [-0.2, -0.15) is 20.2 Å². The van der Waals surface area contributed by atoms with E-state index in [2.05, 4.69) is 29.9 Å². The summed E-state index contributed by atoms with van der Waals surface area (Å²) in [5, 5.41) is 8.32. The van der Waals surface area contributed by atoms with Gasteiger partial charge in [0.2, 0.25) is 11.7 Å². The monoisotopic (exact) mass is 492 g/mol. The zero-order valence-corrected chi connectivity index (χ0v) is 18.6. The quantitative estimate of drug-likeness (QED) is 0.361. The molecule has 4 aromatic rings. The van der Waals surface area contributed by atoms with E-state index in [1.807, 2.05) is 0 Å². The fraction of sp³-hybridized carbons (Fsp3) is 0.200. The number of halogens is 2. The first-order valence-electron chi connectivity index (χ1n) is 9.66. The highest BCUT2D eigenvalue weighted by Gasteiger charge is 2.25. The number of ether oxygens (including phenoxy) is 3. The van der Waals surface area contributed by atoms with Crippen LogP contribution in [0.4, 0.5) is 14.7 Å². The summed E-state index contributed by atoms with van der Waals surface area (Å²) >= 11 is 0. The van der Waals surface area contributed by atoms with Crippen LogP contribution in [0, 0.1) is 0 Å². The number of nitrogens with zero attached hydrogens (tertiary/aromatic N) is 4. The zero-order valence-electron chi connectivity index (χ0n) is 17.8. The van der Waals surface area contributed by atoms with E-state index >= 15 is 0 Å². The highest BCUT2D eigenvalue weighted by atomic mass is 32.2. The van der Waals surface area contributed by atoms with Gasteiger partial charge in [-0.05, 0) is 12.1 Å². The lowest BCUT2D eigenvalue weighted by atomic mass is 10.1. The van der Waals surface area contributed by atoms with Crippen molar-refractivity contribution in [1.29, 1.82) is 0 Å². The number of hydrogen-bond acceptors (Lipinski definition) is 9. The maximum absolute atomic E-state index is 13.2. The lowest BCUT2D eigenvalue weighted by Crippen LogP contribution is -2.16. The van der Waals surface area contributed by atoms with Gasteiger partial charge in [-0.25, -0.2) is 21.9 Å². The van der Waals surface area contributed by atoms with Gasteiger partial charge >= 0.3 is 0 Å². The molecule has 0 saturated heterocycles. The molecule has 0 saturated carbocycles. The topological polar surface area (TPSA) is 141 Å². The summed E-state index contributed by atoms with van der Waals surface area (Å²) in [6.45, 7) is -0.954. The lowest BCUT2D eigenvalue weighted by Gasteiger charge is -2.14. The summed E-state index contributed by atoms with van der Waals surface area (Å²) in [6.07, 6.45) is 0.0904. The van der Waals surface area contributed by atoms with Crippen molar-refractivity contribution in [2.75, 3.05) is 25.5 Å². The summed E-state index contributed by atoms with van der Waals surface area (Å²) in [7, 11) is -1.78. The number of anilines is 1. The van der Waals surface area contributed by atoms with Crippen LogP contribution in [0.1, 0.15) is 0 Å². The van der Waals surface area contributed by atoms with Crippen LogP contribution in [0.25, 0.3) is 22.2 Å². The summed E-state index contributed by atoms with van der Waals surface area (Å²) in [5.41, 5.74) is 1.76. The minimum atomic E-state index is -4.20. The van der Waals surface area contributed by atoms with Crippen LogP contribution in [0.15, 0.2) is 47.6 Å². The molecule has 11 nitrogen and oxygen atoms in total. The van der Waals surface area contributed by atoms with Gasteiger partial charge in [-0.15, -0.1) is 0 Å². The Morgan fingerprint density at radius 2 is 1.82 bits per heavy atom. The van der Waals surface area contributed by atoms with Crippen molar-refractivity contribution in [3.8, 4) is 28.8 Å². The van der Waals surface area contributed by atoms with E-state index in [0.29, 0.717) is 22.2 Å². The zero-order chi connectivity index (χ0) is 24.3. The second-order valence-corrected chi connectivity index (χ2v) is 8.34. The molecule has 0 radical (unpaired) electrons. The first kappa shape index (κ1) is 23.1. The Kier molecular flexibility index (Phi) is 6.40. The normalized spacial score (nSPS) is 11.6. The van der Waals surface area contributed by atoms with Gasteiger partial charge in [-0.1, -0.05) is 18.2 Å². The molecule has 3 aromatic heterocycles. The van der Waals surface area contributed by atoms with E-state index in [4.69, 9.17) is 14.2 Å². The first-order chi connectivity index (χ1) is 16.3. The summed E-state index contributed by atoms with van der Waals surface area (Å²) in [5.74, 6) is -1.25. The molecule has 0 aliphatic heterocycles. The highest BCUT2D eigenvalue weighted by Crippen LogP contribution is 2.36.